The van der Waals surface area contributed by atoms with Crippen LogP contribution >= 0.6 is 0 Å². The van der Waals surface area contributed by atoms with Crippen LogP contribution in [0.5, 0.6) is 5.75 Å². The molecule has 3 aromatic carbocycles. The van der Waals surface area contributed by atoms with E-state index in [0.29, 0.717) is 29.8 Å². The van der Waals surface area contributed by atoms with Gasteiger partial charge in [-0.15, -0.1) is 0 Å². The fraction of sp³-hybridized carbons (Fsp3) is 0.115. The molecule has 0 saturated carbocycles. The minimum Gasteiger partial charge on any atom is -0.508 e. The number of nitrogens with zero attached hydrogens (tertiary/aromatic N) is 2. The number of aromatic hydroxyl groups is 1. The highest BCUT2D eigenvalue weighted by atomic mass is 19.2. The van der Waals surface area contributed by atoms with Gasteiger partial charge in [0.05, 0.1) is 24.0 Å². The van der Waals surface area contributed by atoms with E-state index in [1.54, 1.807) is 12.1 Å². The molecule has 0 unspecified atom stereocenters. The summed E-state index contributed by atoms with van der Waals surface area (Å²) in [6, 6.07) is 15.6. The standard InChI is InChI=1S/C26H18F5N3O2/c27-21-17(22(28)24(30)25(31)23(21)29)12-20(36)34-26-18(11-6-14-4-2-1-3-5-14)33-19(13-32-26)15-7-9-16(35)10-8-15/h1-5,7-10,13,35H,6,11-12H2,(H,32,34,36). The normalized spacial score (nSPS) is 10.9. The van der Waals surface area contributed by atoms with Crippen LogP contribution in [0.4, 0.5) is 27.8 Å². The Morgan fingerprint density at radius 3 is 2.06 bits per heavy atom. The monoisotopic (exact) mass is 499 g/mol. The van der Waals surface area contributed by atoms with Crippen LogP contribution in [0.25, 0.3) is 11.3 Å². The van der Waals surface area contributed by atoms with E-state index in [9.17, 15) is 31.9 Å². The number of nitrogens with one attached hydrogen (secondary N) is 1. The molecule has 1 amide bonds. The average molecular weight is 499 g/mol. The van der Waals surface area contributed by atoms with Crippen LogP contribution in [0, 0.1) is 29.1 Å². The highest BCUT2D eigenvalue weighted by Crippen LogP contribution is 2.25. The van der Waals surface area contributed by atoms with E-state index in [-0.39, 0.29) is 11.6 Å². The second kappa shape index (κ2) is 10.5. The van der Waals surface area contributed by atoms with Crippen molar-refractivity contribution < 1.29 is 31.9 Å². The number of aryl methyl sites for hydroxylation is 2. The maximum Gasteiger partial charge on any atom is 0.230 e. The molecule has 184 valence electrons. The fourth-order valence-electron chi connectivity index (χ4n) is 3.53. The van der Waals surface area contributed by atoms with Gasteiger partial charge in [0, 0.05) is 11.1 Å². The maximum atomic E-state index is 14.0. The molecule has 0 aliphatic heterocycles. The van der Waals surface area contributed by atoms with E-state index < -0.39 is 47.0 Å². The summed E-state index contributed by atoms with van der Waals surface area (Å²) >= 11 is 0. The summed E-state index contributed by atoms with van der Waals surface area (Å²) in [4.78, 5) is 21.3. The van der Waals surface area contributed by atoms with Crippen LogP contribution in [-0.2, 0) is 24.1 Å². The minimum absolute atomic E-state index is 0.0117. The molecule has 0 fully saturated rings. The number of benzene rings is 3. The predicted molar refractivity (Wildman–Crippen MR) is 122 cm³/mol. The van der Waals surface area contributed by atoms with Gasteiger partial charge >= 0.3 is 0 Å². The number of anilines is 1. The summed E-state index contributed by atoms with van der Waals surface area (Å²) in [6.07, 6.45) is 1.09. The van der Waals surface area contributed by atoms with Crippen molar-refractivity contribution in [2.75, 3.05) is 5.32 Å². The quantitative estimate of drug-likeness (QED) is 0.200. The highest BCUT2D eigenvalue weighted by Gasteiger charge is 2.27. The van der Waals surface area contributed by atoms with Gasteiger partial charge in [-0.25, -0.2) is 31.9 Å². The number of phenols is 1. The van der Waals surface area contributed by atoms with Crippen LogP contribution < -0.4 is 5.32 Å². The molecule has 4 rings (SSSR count). The van der Waals surface area contributed by atoms with Crippen LogP contribution in [0.2, 0.25) is 0 Å². The molecule has 1 heterocycles. The third kappa shape index (κ3) is 5.32. The molecule has 0 saturated heterocycles. The Bertz CT molecular complexity index is 1380. The first-order chi connectivity index (χ1) is 17.2. The largest absolute Gasteiger partial charge is 0.508 e. The minimum atomic E-state index is -2.30. The lowest BCUT2D eigenvalue weighted by molar-refractivity contribution is -0.115. The van der Waals surface area contributed by atoms with Crippen molar-refractivity contribution >= 4 is 11.7 Å². The summed E-state index contributed by atoms with van der Waals surface area (Å²) in [7, 11) is 0. The summed E-state index contributed by atoms with van der Waals surface area (Å²) in [5, 5.41) is 11.9. The van der Waals surface area contributed by atoms with Crippen molar-refractivity contribution in [3.8, 4) is 17.0 Å². The van der Waals surface area contributed by atoms with E-state index in [4.69, 9.17) is 0 Å². The summed E-state index contributed by atoms with van der Waals surface area (Å²) in [6.45, 7) is 0. The molecular weight excluding hydrogens is 481 g/mol. The number of phenolic OH excluding ortho intramolecular Hbond substituents is 1. The average Bonchev–Trinajstić information content (AvgIpc) is 2.89. The molecule has 0 aliphatic rings. The highest BCUT2D eigenvalue weighted by molar-refractivity contribution is 5.92. The van der Waals surface area contributed by atoms with Crippen LogP contribution in [-0.4, -0.2) is 21.0 Å². The van der Waals surface area contributed by atoms with Gasteiger partial charge in [0.25, 0.3) is 0 Å². The van der Waals surface area contributed by atoms with Gasteiger partial charge in [-0.2, -0.15) is 0 Å². The summed E-state index contributed by atoms with van der Waals surface area (Å²) < 4.78 is 68.3. The molecular formula is C26H18F5N3O2. The van der Waals surface area contributed by atoms with Gasteiger partial charge in [-0.3, -0.25) is 4.79 Å². The summed E-state index contributed by atoms with van der Waals surface area (Å²) in [5.41, 5.74) is 1.16. The van der Waals surface area contributed by atoms with Gasteiger partial charge < -0.3 is 10.4 Å². The number of amides is 1. The van der Waals surface area contributed by atoms with Gasteiger partial charge in [0.1, 0.15) is 5.75 Å². The van der Waals surface area contributed by atoms with Gasteiger partial charge in [0.15, 0.2) is 29.1 Å². The second-order valence-corrected chi connectivity index (χ2v) is 7.86. The molecule has 1 aromatic heterocycles. The number of aromatic nitrogens is 2. The van der Waals surface area contributed by atoms with Crippen LogP contribution in [0.1, 0.15) is 16.8 Å². The van der Waals surface area contributed by atoms with Gasteiger partial charge in [0.2, 0.25) is 11.7 Å². The zero-order valence-corrected chi connectivity index (χ0v) is 18.5. The van der Waals surface area contributed by atoms with Crippen molar-refractivity contribution in [3.63, 3.8) is 0 Å². The van der Waals surface area contributed by atoms with Crippen LogP contribution in [0.3, 0.4) is 0 Å². The number of hydrogen-bond acceptors (Lipinski definition) is 4. The lowest BCUT2D eigenvalue weighted by atomic mass is 10.1. The predicted octanol–water partition coefficient (Wildman–Crippen LogP) is 5.51. The molecule has 0 bridgehead atoms. The Morgan fingerprint density at radius 2 is 1.42 bits per heavy atom. The Balaban J connectivity index is 1.62. The molecule has 10 heteroatoms. The number of rotatable bonds is 7. The van der Waals surface area contributed by atoms with E-state index >= 15 is 0 Å². The molecule has 36 heavy (non-hydrogen) atoms. The number of carbonyl (C=O) groups excluding carboxylic acids is 1. The van der Waals surface area contributed by atoms with Crippen molar-refractivity contribution in [1.29, 1.82) is 0 Å². The second-order valence-electron chi connectivity index (χ2n) is 7.86. The molecule has 0 spiro atoms. The SMILES string of the molecule is O=C(Cc1c(F)c(F)c(F)c(F)c1F)Nc1ncc(-c2ccc(O)cc2)nc1CCc1ccccc1. The molecule has 0 radical (unpaired) electrons. The van der Waals surface area contributed by atoms with E-state index in [0.717, 1.165) is 5.56 Å². The molecule has 0 atom stereocenters. The van der Waals surface area contributed by atoms with Gasteiger partial charge in [-0.05, 0) is 42.7 Å². The van der Waals surface area contributed by atoms with Crippen LogP contribution in [0.15, 0.2) is 60.8 Å². The van der Waals surface area contributed by atoms with Crippen molar-refractivity contribution in [2.45, 2.75) is 19.3 Å². The molecule has 5 nitrogen and oxygen atoms in total. The topological polar surface area (TPSA) is 75.1 Å². The lowest BCUT2D eigenvalue weighted by Gasteiger charge is -2.13. The first-order valence-corrected chi connectivity index (χ1v) is 10.7. The molecule has 0 aliphatic carbocycles. The Morgan fingerprint density at radius 1 is 0.806 bits per heavy atom. The van der Waals surface area contributed by atoms with Gasteiger partial charge in [-0.1, -0.05) is 30.3 Å². The van der Waals surface area contributed by atoms with Crippen molar-refractivity contribution in [3.05, 3.63) is 107 Å². The number of hydrogen-bond donors (Lipinski definition) is 2. The fourth-order valence-corrected chi connectivity index (χ4v) is 3.53. The van der Waals surface area contributed by atoms with E-state index in [1.165, 1.54) is 18.3 Å². The summed E-state index contributed by atoms with van der Waals surface area (Å²) in [5.74, 6) is -11.7. The van der Waals surface area contributed by atoms with E-state index in [1.807, 2.05) is 30.3 Å². The van der Waals surface area contributed by atoms with E-state index in [2.05, 4.69) is 15.3 Å². The Kier molecular flexibility index (Phi) is 7.23. The zero-order valence-electron chi connectivity index (χ0n) is 18.5. The molecule has 4 aromatic rings. The first kappa shape index (κ1) is 24.8. The third-order valence-corrected chi connectivity index (χ3v) is 5.40. The van der Waals surface area contributed by atoms with Crippen molar-refractivity contribution in [2.24, 2.45) is 0 Å². The number of halogens is 5. The van der Waals surface area contributed by atoms with Crippen molar-refractivity contribution in [1.82, 2.24) is 9.97 Å². The Hall–Kier alpha value is -4.34. The molecule has 2 N–H and O–H groups in total. The maximum absolute atomic E-state index is 14.0. The third-order valence-electron chi connectivity index (χ3n) is 5.40. The smallest absolute Gasteiger partial charge is 0.230 e. The lowest BCUT2D eigenvalue weighted by Crippen LogP contribution is -2.20. The first-order valence-electron chi connectivity index (χ1n) is 10.7. The Labute approximate surface area is 202 Å². The zero-order chi connectivity index (χ0) is 25.8. The number of carbonyl (C=O) groups is 1.